The molecule has 7 heteroatoms. The summed E-state index contributed by atoms with van der Waals surface area (Å²) in [4.78, 5) is 37.2. The first-order chi connectivity index (χ1) is 14.2. The number of benzene rings is 2. The lowest BCUT2D eigenvalue weighted by atomic mass is 10.1. The van der Waals surface area contributed by atoms with E-state index < -0.39 is 5.97 Å². The lowest BCUT2D eigenvalue weighted by Crippen LogP contribution is -2.31. The molecule has 7 nitrogen and oxygen atoms in total. The second-order valence-electron chi connectivity index (χ2n) is 7.05. The number of hydrogen-bond acceptors (Lipinski definition) is 6. The van der Waals surface area contributed by atoms with Gasteiger partial charge in [0.15, 0.2) is 30.5 Å². The number of carbonyl (C=O) groups excluding carboxylic acids is 3. The van der Waals surface area contributed by atoms with Gasteiger partial charge < -0.3 is 19.1 Å². The Morgan fingerprint density at radius 2 is 1.70 bits per heavy atom. The van der Waals surface area contributed by atoms with Crippen LogP contribution < -0.4 is 9.47 Å². The fourth-order valence-electron chi connectivity index (χ4n) is 2.80. The first-order valence-corrected chi connectivity index (χ1v) is 9.48. The number of carbonyl (C=O) groups is 3. The van der Waals surface area contributed by atoms with E-state index in [-0.39, 0.29) is 24.9 Å². The molecular weight excluding hydrogens is 386 g/mol. The standard InChI is InChI=1S/C23H27NO6/c1-15-6-7-19(16(2)10-15)12-24(4)22(26)13-30-23(27)14-29-20-9-8-18(17(3)25)11-21(20)28-5/h6-11H,12-14H2,1-5H3. The average Bonchev–Trinajstić information content (AvgIpc) is 2.72. The molecule has 2 aromatic carbocycles. The third kappa shape index (κ3) is 6.34. The van der Waals surface area contributed by atoms with Crippen molar-refractivity contribution in [3.05, 3.63) is 58.7 Å². The van der Waals surface area contributed by atoms with Gasteiger partial charge in [0.25, 0.3) is 5.91 Å². The summed E-state index contributed by atoms with van der Waals surface area (Å²) in [6.45, 7) is 5.13. The summed E-state index contributed by atoms with van der Waals surface area (Å²) in [5, 5.41) is 0. The number of ketones is 1. The zero-order valence-electron chi connectivity index (χ0n) is 18.0. The first kappa shape index (κ1) is 22.9. The van der Waals surface area contributed by atoms with Crippen molar-refractivity contribution in [3.63, 3.8) is 0 Å². The SMILES string of the molecule is COc1cc(C(C)=O)ccc1OCC(=O)OCC(=O)N(C)Cc1ccc(C)cc1C. The van der Waals surface area contributed by atoms with Crippen molar-refractivity contribution in [1.82, 2.24) is 4.90 Å². The first-order valence-electron chi connectivity index (χ1n) is 9.48. The number of methoxy groups -OCH3 is 1. The van der Waals surface area contributed by atoms with Crippen LogP contribution in [-0.2, 0) is 20.9 Å². The fourth-order valence-corrected chi connectivity index (χ4v) is 2.80. The highest BCUT2D eigenvalue weighted by atomic mass is 16.6. The second-order valence-corrected chi connectivity index (χ2v) is 7.05. The molecule has 0 aliphatic heterocycles. The van der Waals surface area contributed by atoms with Crippen LogP contribution in [0.3, 0.4) is 0 Å². The van der Waals surface area contributed by atoms with Crippen molar-refractivity contribution >= 4 is 17.7 Å². The number of nitrogens with zero attached hydrogens (tertiary/aromatic N) is 1. The summed E-state index contributed by atoms with van der Waals surface area (Å²) in [7, 11) is 3.10. The van der Waals surface area contributed by atoms with Gasteiger partial charge in [0.05, 0.1) is 7.11 Å². The van der Waals surface area contributed by atoms with Crippen LogP contribution >= 0.6 is 0 Å². The topological polar surface area (TPSA) is 82.1 Å². The van der Waals surface area contributed by atoms with E-state index in [4.69, 9.17) is 14.2 Å². The molecule has 0 spiro atoms. The van der Waals surface area contributed by atoms with E-state index in [9.17, 15) is 14.4 Å². The molecule has 0 fully saturated rings. The lowest BCUT2D eigenvalue weighted by molar-refractivity contribution is -0.153. The van der Waals surface area contributed by atoms with E-state index in [0.717, 1.165) is 16.7 Å². The highest BCUT2D eigenvalue weighted by Gasteiger charge is 2.15. The van der Waals surface area contributed by atoms with Crippen LogP contribution in [0.5, 0.6) is 11.5 Å². The van der Waals surface area contributed by atoms with Gasteiger partial charge in [-0.25, -0.2) is 4.79 Å². The average molecular weight is 413 g/mol. The van der Waals surface area contributed by atoms with Gasteiger partial charge in [-0.05, 0) is 50.1 Å². The highest BCUT2D eigenvalue weighted by molar-refractivity contribution is 5.94. The number of ether oxygens (including phenoxy) is 3. The minimum atomic E-state index is -0.680. The Hall–Kier alpha value is -3.35. The minimum absolute atomic E-state index is 0.109. The Kier molecular flexibility index (Phi) is 7.98. The Morgan fingerprint density at radius 3 is 2.33 bits per heavy atom. The van der Waals surface area contributed by atoms with Gasteiger partial charge in [0.1, 0.15) is 0 Å². The maximum Gasteiger partial charge on any atom is 0.344 e. The molecule has 0 heterocycles. The number of rotatable bonds is 9. The van der Waals surface area contributed by atoms with E-state index >= 15 is 0 Å². The molecule has 30 heavy (non-hydrogen) atoms. The Morgan fingerprint density at radius 1 is 0.967 bits per heavy atom. The van der Waals surface area contributed by atoms with E-state index in [2.05, 4.69) is 6.07 Å². The highest BCUT2D eigenvalue weighted by Crippen LogP contribution is 2.28. The summed E-state index contributed by atoms with van der Waals surface area (Å²) >= 11 is 0. The van der Waals surface area contributed by atoms with Gasteiger partial charge in [0, 0.05) is 19.2 Å². The van der Waals surface area contributed by atoms with Crippen molar-refractivity contribution in [1.29, 1.82) is 0 Å². The van der Waals surface area contributed by atoms with Gasteiger partial charge in [-0.2, -0.15) is 0 Å². The third-order valence-corrected chi connectivity index (χ3v) is 4.60. The number of esters is 1. The summed E-state index contributed by atoms with van der Waals surface area (Å²) in [5.41, 5.74) is 3.77. The lowest BCUT2D eigenvalue weighted by Gasteiger charge is -2.19. The zero-order chi connectivity index (χ0) is 22.3. The summed E-state index contributed by atoms with van der Waals surface area (Å²) in [6.07, 6.45) is 0. The van der Waals surface area contributed by atoms with Crippen molar-refractivity contribution < 1.29 is 28.6 Å². The molecule has 0 N–H and O–H groups in total. The Labute approximate surface area is 176 Å². The fraction of sp³-hybridized carbons (Fsp3) is 0.348. The van der Waals surface area contributed by atoms with Crippen molar-refractivity contribution in [2.45, 2.75) is 27.3 Å². The van der Waals surface area contributed by atoms with Crippen LogP contribution in [0, 0.1) is 13.8 Å². The minimum Gasteiger partial charge on any atom is -0.493 e. The van der Waals surface area contributed by atoms with E-state index in [1.165, 1.54) is 25.0 Å². The molecule has 0 aliphatic rings. The monoisotopic (exact) mass is 413 g/mol. The number of aryl methyl sites for hydroxylation is 2. The van der Waals surface area contributed by atoms with Crippen molar-refractivity contribution in [2.24, 2.45) is 0 Å². The molecule has 2 rings (SSSR count). The van der Waals surface area contributed by atoms with Crippen LogP contribution in [0.2, 0.25) is 0 Å². The quantitative estimate of drug-likeness (QED) is 0.464. The normalized spacial score (nSPS) is 10.3. The molecule has 160 valence electrons. The van der Waals surface area contributed by atoms with Gasteiger partial charge >= 0.3 is 5.97 Å². The molecule has 0 radical (unpaired) electrons. The molecule has 0 aliphatic carbocycles. The number of likely N-dealkylation sites (N-methyl/N-ethyl adjacent to an activating group) is 1. The third-order valence-electron chi connectivity index (χ3n) is 4.60. The molecule has 0 unspecified atom stereocenters. The molecule has 2 aromatic rings. The predicted octanol–water partition coefficient (Wildman–Crippen LogP) is 3.10. The molecule has 0 bridgehead atoms. The van der Waals surface area contributed by atoms with Crippen molar-refractivity contribution in [3.8, 4) is 11.5 Å². The summed E-state index contributed by atoms with van der Waals surface area (Å²) < 4.78 is 15.6. The molecule has 1 amide bonds. The number of amides is 1. The van der Waals surface area contributed by atoms with Crippen molar-refractivity contribution in [2.75, 3.05) is 27.4 Å². The smallest absolute Gasteiger partial charge is 0.344 e. The molecular formula is C23H27NO6. The van der Waals surface area contributed by atoms with Crippen LogP contribution in [-0.4, -0.2) is 49.9 Å². The maximum atomic E-state index is 12.3. The van der Waals surface area contributed by atoms with Crippen LogP contribution in [0.15, 0.2) is 36.4 Å². The molecule has 0 atom stereocenters. The summed E-state index contributed by atoms with van der Waals surface area (Å²) in [5.74, 6) is -0.465. The van der Waals surface area contributed by atoms with Gasteiger partial charge in [-0.3, -0.25) is 9.59 Å². The Bertz CT molecular complexity index is 937. The Balaban J connectivity index is 1.84. The van der Waals surface area contributed by atoms with Crippen LogP contribution in [0.25, 0.3) is 0 Å². The van der Waals surface area contributed by atoms with E-state index in [1.807, 2.05) is 26.0 Å². The van der Waals surface area contributed by atoms with E-state index in [0.29, 0.717) is 23.6 Å². The van der Waals surface area contributed by atoms with Crippen LogP contribution in [0.4, 0.5) is 0 Å². The van der Waals surface area contributed by atoms with Gasteiger partial charge in [-0.15, -0.1) is 0 Å². The van der Waals surface area contributed by atoms with Crippen LogP contribution in [0.1, 0.15) is 34.0 Å². The second kappa shape index (κ2) is 10.4. The number of Topliss-reactive ketones (excluding diaryl/α,β-unsaturated/α-hetero) is 1. The van der Waals surface area contributed by atoms with Gasteiger partial charge in [0.2, 0.25) is 0 Å². The van der Waals surface area contributed by atoms with E-state index in [1.54, 1.807) is 19.2 Å². The molecule has 0 saturated carbocycles. The predicted molar refractivity (Wildman–Crippen MR) is 112 cm³/mol. The zero-order valence-corrected chi connectivity index (χ0v) is 18.0. The largest absolute Gasteiger partial charge is 0.493 e. The molecule has 0 aromatic heterocycles. The maximum absolute atomic E-state index is 12.3. The number of hydrogen-bond donors (Lipinski definition) is 0. The van der Waals surface area contributed by atoms with Gasteiger partial charge in [-0.1, -0.05) is 23.8 Å². The summed E-state index contributed by atoms with van der Waals surface area (Å²) in [6, 6.07) is 10.7. The molecule has 0 saturated heterocycles.